The first-order valence-electron chi connectivity index (χ1n) is 9.81. The number of piperidine rings is 1. The quantitative estimate of drug-likeness (QED) is 0.635. The van der Waals surface area contributed by atoms with E-state index in [0.717, 1.165) is 19.3 Å². The third-order valence-electron chi connectivity index (χ3n) is 5.09. The Morgan fingerprint density at radius 1 is 1.23 bits per heavy atom. The van der Waals surface area contributed by atoms with Crippen LogP contribution in [0.5, 0.6) is 0 Å². The fourth-order valence-corrected chi connectivity index (χ4v) is 3.57. The predicted molar refractivity (Wildman–Crippen MR) is 108 cm³/mol. The number of aromatic amines is 1. The number of oxazole rings is 1. The summed E-state index contributed by atoms with van der Waals surface area (Å²) in [5.74, 6) is -1.12. The van der Waals surface area contributed by atoms with Crippen molar-refractivity contribution in [1.29, 1.82) is 0 Å². The molecule has 1 aliphatic heterocycles. The normalized spacial score (nSPS) is 14.2. The standard InChI is InChI=1S/C20H23N5O5/c1-29-12-14-9-15(23-22-14)19(27)21-13-5-6-17-16(10-13)25(20(28)30-17)11-18(26)24-7-3-2-4-8-24/h5-6,9-10H,2-4,7-8,11-12H2,1H3,(H,21,27)(H,22,23). The monoisotopic (exact) mass is 413 g/mol. The smallest absolute Gasteiger partial charge is 0.408 e. The van der Waals surface area contributed by atoms with Gasteiger partial charge in [-0.1, -0.05) is 0 Å². The topological polar surface area (TPSA) is 122 Å². The van der Waals surface area contributed by atoms with Crippen molar-refractivity contribution in [3.05, 3.63) is 46.2 Å². The molecule has 0 aliphatic carbocycles. The van der Waals surface area contributed by atoms with Crippen LogP contribution < -0.4 is 11.1 Å². The van der Waals surface area contributed by atoms with Crippen molar-refractivity contribution >= 4 is 28.6 Å². The van der Waals surface area contributed by atoms with Gasteiger partial charge in [0.15, 0.2) is 11.3 Å². The van der Waals surface area contributed by atoms with Crippen molar-refractivity contribution in [2.45, 2.75) is 32.4 Å². The molecule has 0 bridgehead atoms. The lowest BCUT2D eigenvalue weighted by molar-refractivity contribution is -0.132. The summed E-state index contributed by atoms with van der Waals surface area (Å²) in [4.78, 5) is 39.1. The molecule has 0 radical (unpaired) electrons. The number of carbonyl (C=O) groups excluding carboxylic acids is 2. The minimum Gasteiger partial charge on any atom is -0.408 e. The molecule has 10 nitrogen and oxygen atoms in total. The number of anilines is 1. The van der Waals surface area contributed by atoms with Crippen molar-refractivity contribution in [2.75, 3.05) is 25.5 Å². The highest BCUT2D eigenvalue weighted by molar-refractivity contribution is 6.03. The van der Waals surface area contributed by atoms with Crippen molar-refractivity contribution in [3.63, 3.8) is 0 Å². The van der Waals surface area contributed by atoms with E-state index in [2.05, 4.69) is 15.5 Å². The molecule has 0 unspecified atom stereocenters. The third-order valence-corrected chi connectivity index (χ3v) is 5.09. The molecule has 3 aromatic rings. The van der Waals surface area contributed by atoms with Crippen LogP contribution in [-0.2, 0) is 22.7 Å². The van der Waals surface area contributed by atoms with Gasteiger partial charge in [-0.3, -0.25) is 19.3 Å². The van der Waals surface area contributed by atoms with Crippen LogP contribution in [0.15, 0.2) is 33.5 Å². The summed E-state index contributed by atoms with van der Waals surface area (Å²) in [6.45, 7) is 1.64. The van der Waals surface area contributed by atoms with Gasteiger partial charge in [-0.05, 0) is 43.5 Å². The molecule has 2 amide bonds. The van der Waals surface area contributed by atoms with Crippen LogP contribution in [0.2, 0.25) is 0 Å². The molecule has 0 atom stereocenters. The Morgan fingerprint density at radius 3 is 2.80 bits per heavy atom. The number of nitrogens with one attached hydrogen (secondary N) is 2. The van der Waals surface area contributed by atoms with Crippen LogP contribution in [0.25, 0.3) is 11.1 Å². The van der Waals surface area contributed by atoms with Gasteiger partial charge in [-0.25, -0.2) is 4.79 Å². The molecule has 158 valence electrons. The van der Waals surface area contributed by atoms with E-state index in [0.29, 0.717) is 42.2 Å². The molecule has 1 fully saturated rings. The summed E-state index contributed by atoms with van der Waals surface area (Å²) in [5.41, 5.74) is 2.16. The molecule has 2 N–H and O–H groups in total. The molecule has 10 heteroatoms. The lowest BCUT2D eigenvalue weighted by atomic mass is 10.1. The Kier molecular flexibility index (Phi) is 5.66. The van der Waals surface area contributed by atoms with Gasteiger partial charge in [0.05, 0.1) is 17.8 Å². The molecule has 0 spiro atoms. The first-order chi connectivity index (χ1) is 14.5. The first kappa shape index (κ1) is 19.9. The summed E-state index contributed by atoms with van der Waals surface area (Å²) < 4.78 is 11.6. The predicted octanol–water partition coefficient (Wildman–Crippen LogP) is 1.73. The van der Waals surface area contributed by atoms with E-state index in [1.165, 1.54) is 4.57 Å². The van der Waals surface area contributed by atoms with Crippen LogP contribution in [0.3, 0.4) is 0 Å². The maximum atomic E-state index is 12.6. The molecule has 1 aliphatic rings. The van der Waals surface area contributed by atoms with Crippen LogP contribution in [0.1, 0.15) is 35.4 Å². The summed E-state index contributed by atoms with van der Waals surface area (Å²) in [7, 11) is 1.55. The zero-order chi connectivity index (χ0) is 21.1. The van der Waals surface area contributed by atoms with Gasteiger partial charge in [0, 0.05) is 25.9 Å². The number of ether oxygens (including phenoxy) is 1. The average molecular weight is 413 g/mol. The zero-order valence-electron chi connectivity index (χ0n) is 16.6. The fraction of sp³-hybridized carbons (Fsp3) is 0.400. The number of nitrogens with zero attached hydrogens (tertiary/aromatic N) is 3. The van der Waals surface area contributed by atoms with E-state index >= 15 is 0 Å². The summed E-state index contributed by atoms with van der Waals surface area (Å²) in [6.07, 6.45) is 3.06. The lowest BCUT2D eigenvalue weighted by Crippen LogP contribution is -2.39. The number of likely N-dealkylation sites (tertiary alicyclic amines) is 1. The third kappa shape index (κ3) is 4.13. The minimum absolute atomic E-state index is 0.0943. The second-order valence-electron chi connectivity index (χ2n) is 7.24. The second-order valence-corrected chi connectivity index (χ2v) is 7.24. The molecule has 0 saturated carbocycles. The Hall–Kier alpha value is -3.40. The maximum Gasteiger partial charge on any atom is 0.420 e. The highest BCUT2D eigenvalue weighted by Gasteiger charge is 2.20. The van der Waals surface area contributed by atoms with Gasteiger partial charge in [-0.15, -0.1) is 0 Å². The van der Waals surface area contributed by atoms with Crippen LogP contribution in [-0.4, -0.2) is 51.7 Å². The number of hydrogen-bond donors (Lipinski definition) is 2. The van der Waals surface area contributed by atoms with E-state index in [-0.39, 0.29) is 18.1 Å². The van der Waals surface area contributed by atoms with Crippen LogP contribution >= 0.6 is 0 Å². The van der Waals surface area contributed by atoms with Gasteiger partial charge < -0.3 is 19.4 Å². The summed E-state index contributed by atoms with van der Waals surface area (Å²) in [5, 5.41) is 9.44. The van der Waals surface area contributed by atoms with Crippen LogP contribution in [0.4, 0.5) is 5.69 Å². The number of amides is 2. The Morgan fingerprint density at radius 2 is 2.03 bits per heavy atom. The number of aromatic nitrogens is 3. The fourth-order valence-electron chi connectivity index (χ4n) is 3.57. The number of carbonyl (C=O) groups is 2. The number of benzene rings is 1. The Labute approximate surface area is 171 Å². The van der Waals surface area contributed by atoms with E-state index in [1.54, 1.807) is 36.3 Å². The number of rotatable bonds is 6. The zero-order valence-corrected chi connectivity index (χ0v) is 16.6. The summed E-state index contributed by atoms with van der Waals surface area (Å²) >= 11 is 0. The van der Waals surface area contributed by atoms with Gasteiger partial charge in [0.1, 0.15) is 6.54 Å². The molecule has 2 aromatic heterocycles. The molecule has 4 rings (SSSR count). The Balaban J connectivity index is 1.54. The SMILES string of the molecule is COCc1cc(C(=O)Nc2ccc3oc(=O)n(CC(=O)N4CCCCC4)c3c2)n[nH]1. The number of H-pyrrole nitrogens is 1. The average Bonchev–Trinajstić information content (AvgIpc) is 3.34. The second kappa shape index (κ2) is 8.54. The molecule has 3 heterocycles. The van der Waals surface area contributed by atoms with Gasteiger partial charge in [0.2, 0.25) is 5.91 Å². The number of methoxy groups -OCH3 is 1. The first-order valence-corrected chi connectivity index (χ1v) is 9.81. The summed E-state index contributed by atoms with van der Waals surface area (Å²) in [6, 6.07) is 6.44. The highest BCUT2D eigenvalue weighted by Crippen LogP contribution is 2.20. The van der Waals surface area contributed by atoms with Gasteiger partial charge in [-0.2, -0.15) is 5.10 Å². The molecule has 30 heavy (non-hydrogen) atoms. The van der Waals surface area contributed by atoms with E-state index in [1.807, 2.05) is 0 Å². The van der Waals surface area contributed by atoms with Gasteiger partial charge in [0.25, 0.3) is 5.91 Å². The van der Waals surface area contributed by atoms with E-state index < -0.39 is 11.7 Å². The van der Waals surface area contributed by atoms with Crippen LogP contribution in [0, 0.1) is 0 Å². The maximum absolute atomic E-state index is 12.6. The molecule has 1 saturated heterocycles. The molecular formula is C20H23N5O5. The number of hydrogen-bond acceptors (Lipinski definition) is 6. The van der Waals surface area contributed by atoms with Crippen molar-refractivity contribution in [3.8, 4) is 0 Å². The van der Waals surface area contributed by atoms with E-state index in [9.17, 15) is 14.4 Å². The van der Waals surface area contributed by atoms with Crippen molar-refractivity contribution in [1.82, 2.24) is 19.7 Å². The van der Waals surface area contributed by atoms with E-state index in [4.69, 9.17) is 9.15 Å². The highest BCUT2D eigenvalue weighted by atomic mass is 16.5. The number of fused-ring (bicyclic) bond motifs is 1. The van der Waals surface area contributed by atoms with Gasteiger partial charge >= 0.3 is 5.76 Å². The van der Waals surface area contributed by atoms with Crippen molar-refractivity contribution < 1.29 is 18.7 Å². The lowest BCUT2D eigenvalue weighted by Gasteiger charge is -2.26. The Bertz CT molecular complexity index is 1120. The van der Waals surface area contributed by atoms with Crippen molar-refractivity contribution in [2.24, 2.45) is 0 Å². The molecule has 1 aromatic carbocycles. The molecular weight excluding hydrogens is 390 g/mol. The largest absolute Gasteiger partial charge is 0.420 e. The minimum atomic E-state index is -0.602.